The van der Waals surface area contributed by atoms with E-state index in [-0.39, 0.29) is 5.91 Å². The number of nitrogens with one attached hydrogen (secondary N) is 1. The third-order valence-corrected chi connectivity index (χ3v) is 5.06. The molecule has 2 fully saturated rings. The van der Waals surface area contributed by atoms with Gasteiger partial charge in [0.25, 0.3) is 0 Å². The van der Waals surface area contributed by atoms with Crippen molar-refractivity contribution < 1.29 is 4.79 Å². The van der Waals surface area contributed by atoms with E-state index in [4.69, 9.17) is 11.6 Å². The molecule has 0 aliphatic heterocycles. The van der Waals surface area contributed by atoms with E-state index in [0.29, 0.717) is 11.3 Å². The Hall–Kier alpha value is -0.240. The predicted octanol–water partition coefficient (Wildman–Crippen LogP) is 3.87. The first-order valence-corrected chi connectivity index (χ1v) is 8.08. The number of halogens is 1. The molecule has 0 radical (unpaired) electrons. The third-order valence-electron chi connectivity index (χ3n) is 4.62. The molecule has 0 atom stereocenters. The van der Waals surface area contributed by atoms with E-state index in [1.165, 1.54) is 38.5 Å². The fourth-order valence-electron chi connectivity index (χ4n) is 3.31. The van der Waals surface area contributed by atoms with Gasteiger partial charge in [0, 0.05) is 18.3 Å². The zero-order valence-corrected chi connectivity index (χ0v) is 12.1. The lowest BCUT2D eigenvalue weighted by Crippen LogP contribution is -2.31. The minimum absolute atomic E-state index is 0.259. The van der Waals surface area contributed by atoms with Crippen LogP contribution in [0.25, 0.3) is 0 Å². The average molecular weight is 272 g/mol. The maximum Gasteiger partial charge on any atom is 0.220 e. The summed E-state index contributed by atoms with van der Waals surface area (Å²) in [6.45, 7) is 0.868. The van der Waals surface area contributed by atoms with Gasteiger partial charge in [-0.15, -0.1) is 11.6 Å². The van der Waals surface area contributed by atoms with Crippen molar-refractivity contribution in [2.75, 3.05) is 6.54 Å². The van der Waals surface area contributed by atoms with Gasteiger partial charge >= 0.3 is 0 Å². The summed E-state index contributed by atoms with van der Waals surface area (Å²) >= 11 is 6.08. The van der Waals surface area contributed by atoms with Crippen molar-refractivity contribution in [3.8, 4) is 0 Å². The molecule has 2 aliphatic rings. The number of carbonyl (C=O) groups excluding carboxylic acids is 1. The van der Waals surface area contributed by atoms with Crippen LogP contribution in [0.5, 0.6) is 0 Å². The van der Waals surface area contributed by atoms with Crippen molar-refractivity contribution in [1.82, 2.24) is 5.32 Å². The summed E-state index contributed by atoms with van der Waals surface area (Å²) in [5.41, 5.74) is 0. The molecular formula is C15H26ClNO. The van der Waals surface area contributed by atoms with Crippen molar-refractivity contribution in [3.63, 3.8) is 0 Å². The van der Waals surface area contributed by atoms with E-state index >= 15 is 0 Å². The summed E-state index contributed by atoms with van der Waals surface area (Å²) in [5, 5.41) is 3.48. The second-order valence-electron chi connectivity index (χ2n) is 6.11. The maximum atomic E-state index is 11.8. The van der Waals surface area contributed by atoms with Crippen LogP contribution in [0.3, 0.4) is 0 Å². The molecule has 3 heteroatoms. The summed E-state index contributed by atoms with van der Waals surface area (Å²) in [6.07, 6.45) is 11.8. The molecule has 2 saturated carbocycles. The van der Waals surface area contributed by atoms with Crippen molar-refractivity contribution in [2.45, 2.75) is 69.6 Å². The molecule has 1 amide bonds. The molecular weight excluding hydrogens is 246 g/mol. The highest BCUT2D eigenvalue weighted by Crippen LogP contribution is 2.29. The number of carbonyl (C=O) groups is 1. The van der Waals surface area contributed by atoms with Gasteiger partial charge in [0.05, 0.1) is 0 Å². The lowest BCUT2D eigenvalue weighted by molar-refractivity contribution is -0.121. The minimum atomic E-state index is 0.259. The van der Waals surface area contributed by atoms with E-state index in [1.807, 2.05) is 0 Å². The van der Waals surface area contributed by atoms with Crippen molar-refractivity contribution in [1.29, 1.82) is 0 Å². The molecule has 0 unspecified atom stereocenters. The molecule has 0 aromatic heterocycles. The standard InChI is InChI=1S/C15H26ClNO/c16-14-8-5-13(6-9-14)11-17-15(18)10-7-12-3-1-2-4-12/h12-14H,1-11H2,(H,17,18). The van der Waals surface area contributed by atoms with Crippen LogP contribution in [0.1, 0.15) is 64.2 Å². The number of hydrogen-bond acceptors (Lipinski definition) is 1. The van der Waals surface area contributed by atoms with Gasteiger partial charge in [-0.1, -0.05) is 25.7 Å². The average Bonchev–Trinajstić information content (AvgIpc) is 2.89. The van der Waals surface area contributed by atoms with Crippen LogP contribution in [0.2, 0.25) is 0 Å². The van der Waals surface area contributed by atoms with Gasteiger partial charge in [0.15, 0.2) is 0 Å². The highest BCUT2D eigenvalue weighted by Gasteiger charge is 2.20. The summed E-state index contributed by atoms with van der Waals surface area (Å²) in [4.78, 5) is 11.8. The molecule has 0 aromatic carbocycles. The van der Waals surface area contributed by atoms with Gasteiger partial charge in [-0.05, 0) is 43.9 Å². The number of hydrogen-bond donors (Lipinski definition) is 1. The fourth-order valence-corrected chi connectivity index (χ4v) is 3.56. The monoisotopic (exact) mass is 271 g/mol. The second kappa shape index (κ2) is 7.37. The van der Waals surface area contributed by atoms with Crippen molar-refractivity contribution in [3.05, 3.63) is 0 Å². The Morgan fingerprint density at radius 3 is 2.33 bits per heavy atom. The number of amides is 1. The Morgan fingerprint density at radius 2 is 1.67 bits per heavy atom. The first kappa shape index (κ1) is 14.2. The molecule has 0 spiro atoms. The maximum absolute atomic E-state index is 11.8. The first-order chi connectivity index (χ1) is 8.74. The number of alkyl halides is 1. The van der Waals surface area contributed by atoms with Gasteiger partial charge in [-0.2, -0.15) is 0 Å². The topological polar surface area (TPSA) is 29.1 Å². The Morgan fingerprint density at radius 1 is 1.00 bits per heavy atom. The van der Waals surface area contributed by atoms with E-state index < -0.39 is 0 Å². The van der Waals surface area contributed by atoms with Crippen LogP contribution in [-0.2, 0) is 4.79 Å². The molecule has 2 aliphatic carbocycles. The van der Waals surface area contributed by atoms with Crippen LogP contribution < -0.4 is 5.32 Å². The summed E-state index contributed by atoms with van der Waals surface area (Å²) in [7, 11) is 0. The fraction of sp³-hybridized carbons (Fsp3) is 0.933. The quantitative estimate of drug-likeness (QED) is 0.756. The van der Waals surface area contributed by atoms with Crippen LogP contribution in [0.15, 0.2) is 0 Å². The highest BCUT2D eigenvalue weighted by atomic mass is 35.5. The summed E-state index contributed by atoms with van der Waals surface area (Å²) < 4.78 is 0. The van der Waals surface area contributed by atoms with Gasteiger partial charge in [-0.3, -0.25) is 4.79 Å². The molecule has 0 heterocycles. The van der Waals surface area contributed by atoms with Gasteiger partial charge < -0.3 is 5.32 Å². The smallest absolute Gasteiger partial charge is 0.220 e. The lowest BCUT2D eigenvalue weighted by Gasteiger charge is -2.25. The van der Waals surface area contributed by atoms with Crippen molar-refractivity contribution >= 4 is 17.5 Å². The highest BCUT2D eigenvalue weighted by molar-refractivity contribution is 6.20. The second-order valence-corrected chi connectivity index (χ2v) is 6.73. The summed E-state index contributed by atoms with van der Waals surface area (Å²) in [6, 6.07) is 0. The normalized spacial score (nSPS) is 29.4. The van der Waals surface area contributed by atoms with Gasteiger partial charge in [0.1, 0.15) is 0 Å². The minimum Gasteiger partial charge on any atom is -0.356 e. The summed E-state index contributed by atoms with van der Waals surface area (Å²) in [5.74, 6) is 1.74. The zero-order chi connectivity index (χ0) is 12.8. The molecule has 0 saturated heterocycles. The van der Waals surface area contributed by atoms with Gasteiger partial charge in [-0.25, -0.2) is 0 Å². The lowest BCUT2D eigenvalue weighted by atomic mass is 9.89. The van der Waals surface area contributed by atoms with Crippen LogP contribution >= 0.6 is 11.6 Å². The SMILES string of the molecule is O=C(CCC1CCCC1)NCC1CCC(Cl)CC1. The molecule has 2 nitrogen and oxygen atoms in total. The first-order valence-electron chi connectivity index (χ1n) is 7.65. The molecule has 104 valence electrons. The van der Waals surface area contributed by atoms with E-state index in [0.717, 1.165) is 38.1 Å². The molecule has 18 heavy (non-hydrogen) atoms. The largest absolute Gasteiger partial charge is 0.356 e. The molecule has 0 aromatic rings. The Labute approximate surface area is 116 Å². The zero-order valence-electron chi connectivity index (χ0n) is 11.3. The Balaban J connectivity index is 1.54. The van der Waals surface area contributed by atoms with Crippen LogP contribution in [-0.4, -0.2) is 17.8 Å². The van der Waals surface area contributed by atoms with Crippen LogP contribution in [0.4, 0.5) is 0 Å². The van der Waals surface area contributed by atoms with Crippen LogP contribution in [0, 0.1) is 11.8 Å². The Kier molecular flexibility index (Phi) is 5.81. The predicted molar refractivity (Wildman–Crippen MR) is 75.8 cm³/mol. The Bertz CT molecular complexity index is 255. The van der Waals surface area contributed by atoms with Gasteiger partial charge in [0.2, 0.25) is 5.91 Å². The van der Waals surface area contributed by atoms with Crippen molar-refractivity contribution in [2.24, 2.45) is 11.8 Å². The van der Waals surface area contributed by atoms with E-state index in [9.17, 15) is 4.79 Å². The van der Waals surface area contributed by atoms with E-state index in [1.54, 1.807) is 0 Å². The number of rotatable bonds is 5. The third kappa shape index (κ3) is 4.79. The van der Waals surface area contributed by atoms with E-state index in [2.05, 4.69) is 5.32 Å². The molecule has 1 N–H and O–H groups in total. The molecule has 0 bridgehead atoms. The molecule has 2 rings (SSSR count).